The van der Waals surface area contributed by atoms with E-state index in [0.29, 0.717) is 22.9 Å². The Morgan fingerprint density at radius 1 is 1.17 bits per heavy atom. The number of rotatable bonds is 4. The lowest BCUT2D eigenvalue weighted by Crippen LogP contribution is -1.97. The summed E-state index contributed by atoms with van der Waals surface area (Å²) in [6.45, 7) is 0. The first-order valence-corrected chi connectivity index (χ1v) is 6.03. The lowest BCUT2D eigenvalue weighted by Gasteiger charge is -2.11. The first-order valence-electron chi connectivity index (χ1n) is 5.12. The summed E-state index contributed by atoms with van der Waals surface area (Å²) in [5.41, 5.74) is 0.548. The fraction of sp³-hybridized carbons (Fsp3) is 0.167. The van der Waals surface area contributed by atoms with E-state index in [0.717, 1.165) is 0 Å². The summed E-state index contributed by atoms with van der Waals surface area (Å²) in [5.74, 6) is 1.65. The highest BCUT2D eigenvalue weighted by Crippen LogP contribution is 2.33. The Morgan fingerprint density at radius 2 is 1.89 bits per heavy atom. The maximum Gasteiger partial charge on any atom is 0.228 e. The number of para-hydroxylation sites is 2. The van der Waals surface area contributed by atoms with Crippen LogP contribution in [0.1, 0.15) is 5.56 Å². The van der Waals surface area contributed by atoms with Crippen molar-refractivity contribution >= 4 is 23.2 Å². The molecule has 0 aliphatic rings. The van der Waals surface area contributed by atoms with E-state index in [2.05, 4.69) is 9.97 Å². The largest absolute Gasteiger partial charge is 0.493 e. The third-order valence-corrected chi connectivity index (χ3v) is 2.86. The molecule has 0 N–H and O–H groups in total. The maximum absolute atomic E-state index is 5.92. The minimum atomic E-state index is 0.171. The van der Waals surface area contributed by atoms with Crippen molar-refractivity contribution in [2.24, 2.45) is 0 Å². The van der Waals surface area contributed by atoms with Crippen LogP contribution >= 0.6 is 23.2 Å². The number of hydrogen-bond donors (Lipinski definition) is 0. The standard InChI is InChI=1S/C12H10Cl2N2O2/c1-17-9-4-2-3-5-10(9)18-12-8(6-13)11(14)15-7-16-12/h2-5,7H,6H2,1H3. The van der Waals surface area contributed by atoms with Crippen LogP contribution in [0.2, 0.25) is 5.15 Å². The van der Waals surface area contributed by atoms with E-state index in [1.165, 1.54) is 6.33 Å². The molecule has 4 nitrogen and oxygen atoms in total. The fourth-order valence-electron chi connectivity index (χ4n) is 1.38. The average Bonchev–Trinajstić information content (AvgIpc) is 2.40. The van der Waals surface area contributed by atoms with Crippen molar-refractivity contribution < 1.29 is 9.47 Å². The van der Waals surface area contributed by atoms with Gasteiger partial charge in [0.05, 0.1) is 18.6 Å². The van der Waals surface area contributed by atoms with Crippen LogP contribution in [0.25, 0.3) is 0 Å². The number of hydrogen-bond acceptors (Lipinski definition) is 4. The van der Waals surface area contributed by atoms with Gasteiger partial charge in [-0.05, 0) is 12.1 Å². The number of ether oxygens (including phenoxy) is 2. The first-order chi connectivity index (χ1) is 8.76. The molecule has 0 atom stereocenters. The summed E-state index contributed by atoms with van der Waals surface area (Å²) < 4.78 is 10.8. The Bertz CT molecular complexity index is 549. The number of halogens is 2. The molecular formula is C12H10Cl2N2O2. The Balaban J connectivity index is 2.37. The molecule has 0 aliphatic carbocycles. The van der Waals surface area contributed by atoms with Gasteiger partial charge in [0.2, 0.25) is 5.88 Å². The van der Waals surface area contributed by atoms with Gasteiger partial charge in [0.1, 0.15) is 11.5 Å². The zero-order valence-electron chi connectivity index (χ0n) is 9.56. The lowest BCUT2D eigenvalue weighted by molar-refractivity contribution is 0.372. The van der Waals surface area contributed by atoms with Gasteiger partial charge in [-0.3, -0.25) is 0 Å². The van der Waals surface area contributed by atoms with Crippen molar-refractivity contribution in [2.75, 3.05) is 7.11 Å². The lowest BCUT2D eigenvalue weighted by atomic mass is 10.3. The van der Waals surface area contributed by atoms with E-state index in [1.807, 2.05) is 12.1 Å². The van der Waals surface area contributed by atoms with Crippen LogP contribution in [0, 0.1) is 0 Å². The van der Waals surface area contributed by atoms with Crippen molar-refractivity contribution in [3.8, 4) is 17.4 Å². The number of alkyl halides is 1. The van der Waals surface area contributed by atoms with E-state index < -0.39 is 0 Å². The molecule has 0 unspecified atom stereocenters. The van der Waals surface area contributed by atoms with Crippen LogP contribution in [-0.2, 0) is 5.88 Å². The summed E-state index contributed by atoms with van der Waals surface area (Å²) in [4.78, 5) is 7.88. The van der Waals surface area contributed by atoms with Crippen LogP contribution in [-0.4, -0.2) is 17.1 Å². The van der Waals surface area contributed by atoms with Crippen molar-refractivity contribution in [3.05, 3.63) is 41.3 Å². The molecule has 0 saturated heterocycles. The molecule has 1 heterocycles. The molecule has 0 spiro atoms. The number of benzene rings is 1. The smallest absolute Gasteiger partial charge is 0.228 e. The molecule has 1 aromatic heterocycles. The van der Waals surface area contributed by atoms with Gasteiger partial charge < -0.3 is 9.47 Å². The molecule has 2 aromatic rings. The number of aromatic nitrogens is 2. The predicted molar refractivity (Wildman–Crippen MR) is 69.7 cm³/mol. The molecule has 0 aliphatic heterocycles. The molecule has 6 heteroatoms. The van der Waals surface area contributed by atoms with Crippen molar-refractivity contribution in [2.45, 2.75) is 5.88 Å². The van der Waals surface area contributed by atoms with Gasteiger partial charge in [0.25, 0.3) is 0 Å². The van der Waals surface area contributed by atoms with E-state index in [-0.39, 0.29) is 11.0 Å². The monoisotopic (exact) mass is 284 g/mol. The van der Waals surface area contributed by atoms with Gasteiger partial charge >= 0.3 is 0 Å². The second kappa shape index (κ2) is 5.89. The van der Waals surface area contributed by atoms with Crippen molar-refractivity contribution in [1.29, 1.82) is 0 Å². The van der Waals surface area contributed by atoms with E-state index in [9.17, 15) is 0 Å². The van der Waals surface area contributed by atoms with Crippen LogP contribution in [0.3, 0.4) is 0 Å². The average molecular weight is 285 g/mol. The van der Waals surface area contributed by atoms with Gasteiger partial charge in [-0.15, -0.1) is 11.6 Å². The van der Waals surface area contributed by atoms with Crippen LogP contribution < -0.4 is 9.47 Å². The topological polar surface area (TPSA) is 44.2 Å². The molecule has 18 heavy (non-hydrogen) atoms. The molecule has 94 valence electrons. The van der Waals surface area contributed by atoms with Crippen molar-refractivity contribution in [3.63, 3.8) is 0 Å². The van der Waals surface area contributed by atoms with Gasteiger partial charge in [-0.2, -0.15) is 0 Å². The van der Waals surface area contributed by atoms with Gasteiger partial charge in [-0.25, -0.2) is 9.97 Å². The minimum Gasteiger partial charge on any atom is -0.493 e. The SMILES string of the molecule is COc1ccccc1Oc1ncnc(Cl)c1CCl. The molecule has 0 amide bonds. The Labute approximate surface area is 114 Å². The van der Waals surface area contributed by atoms with Gasteiger partial charge in [0, 0.05) is 0 Å². The second-order valence-corrected chi connectivity index (χ2v) is 3.96. The second-order valence-electron chi connectivity index (χ2n) is 3.33. The highest BCUT2D eigenvalue weighted by atomic mass is 35.5. The van der Waals surface area contributed by atoms with E-state index in [4.69, 9.17) is 32.7 Å². The van der Waals surface area contributed by atoms with E-state index >= 15 is 0 Å². The minimum absolute atomic E-state index is 0.171. The third kappa shape index (κ3) is 2.66. The molecule has 1 aromatic carbocycles. The van der Waals surface area contributed by atoms with E-state index in [1.54, 1.807) is 19.2 Å². The molecule has 0 fully saturated rings. The zero-order chi connectivity index (χ0) is 13.0. The normalized spacial score (nSPS) is 10.2. The summed E-state index contributed by atoms with van der Waals surface area (Å²) in [5, 5.41) is 0.282. The molecule has 2 rings (SSSR count). The molecule has 0 saturated carbocycles. The number of methoxy groups -OCH3 is 1. The first kappa shape index (κ1) is 12.9. The van der Waals surface area contributed by atoms with Crippen LogP contribution in [0.15, 0.2) is 30.6 Å². The van der Waals surface area contributed by atoms with Gasteiger partial charge in [-0.1, -0.05) is 23.7 Å². The highest BCUT2D eigenvalue weighted by Gasteiger charge is 2.13. The zero-order valence-corrected chi connectivity index (χ0v) is 11.1. The summed E-state index contributed by atoms with van der Waals surface area (Å²) in [6, 6.07) is 7.24. The molecule has 0 bridgehead atoms. The Hall–Kier alpha value is -1.52. The fourth-order valence-corrected chi connectivity index (χ4v) is 1.88. The number of nitrogens with zero attached hydrogens (tertiary/aromatic N) is 2. The predicted octanol–water partition coefficient (Wildman–Crippen LogP) is 3.67. The Kier molecular flexibility index (Phi) is 4.23. The van der Waals surface area contributed by atoms with Gasteiger partial charge in [0.15, 0.2) is 11.5 Å². The molecule has 0 radical (unpaired) electrons. The van der Waals surface area contributed by atoms with Crippen LogP contribution in [0.5, 0.6) is 17.4 Å². The van der Waals surface area contributed by atoms with Crippen molar-refractivity contribution in [1.82, 2.24) is 9.97 Å². The Morgan fingerprint density at radius 3 is 2.56 bits per heavy atom. The third-order valence-electron chi connectivity index (χ3n) is 2.26. The summed E-state index contributed by atoms with van der Waals surface area (Å²) >= 11 is 11.7. The summed E-state index contributed by atoms with van der Waals surface area (Å²) in [7, 11) is 1.57. The van der Waals surface area contributed by atoms with Crippen LogP contribution in [0.4, 0.5) is 0 Å². The molecular weight excluding hydrogens is 275 g/mol. The highest BCUT2D eigenvalue weighted by molar-refractivity contribution is 6.31. The quantitative estimate of drug-likeness (QED) is 0.635. The summed E-state index contributed by atoms with van der Waals surface area (Å²) in [6.07, 6.45) is 1.32. The maximum atomic E-state index is 5.92.